The Morgan fingerprint density at radius 3 is 2.45 bits per heavy atom. The third kappa shape index (κ3) is 6.09. The van der Waals surface area contributed by atoms with Gasteiger partial charge in [-0.1, -0.05) is 28.9 Å². The molecule has 0 unspecified atom stereocenters. The molecule has 1 aliphatic rings. The number of halogens is 1. The van der Waals surface area contributed by atoms with Gasteiger partial charge in [0.05, 0.1) is 17.0 Å². The van der Waals surface area contributed by atoms with E-state index in [1.165, 1.54) is 0 Å². The van der Waals surface area contributed by atoms with E-state index in [2.05, 4.69) is 5.16 Å². The number of ether oxygens (including phenoxy) is 1. The Balaban J connectivity index is 1.30. The smallest absolute Gasteiger partial charge is 0.260 e. The van der Waals surface area contributed by atoms with Gasteiger partial charge >= 0.3 is 0 Å². The van der Waals surface area contributed by atoms with Crippen LogP contribution in [0.3, 0.4) is 0 Å². The van der Waals surface area contributed by atoms with Gasteiger partial charge in [0.1, 0.15) is 11.5 Å². The summed E-state index contributed by atoms with van der Waals surface area (Å²) in [4.78, 5) is 30.1. The Hall–Kier alpha value is -2.97. The highest BCUT2D eigenvalue weighted by molar-refractivity contribution is 7.98. The van der Waals surface area contributed by atoms with Crippen molar-refractivity contribution in [2.75, 3.05) is 32.8 Å². The van der Waals surface area contributed by atoms with Crippen LogP contribution < -0.4 is 4.74 Å². The van der Waals surface area contributed by atoms with E-state index in [1.54, 1.807) is 45.8 Å². The number of aromatic nitrogens is 1. The first-order valence-corrected chi connectivity index (χ1v) is 12.0. The van der Waals surface area contributed by atoms with Crippen molar-refractivity contribution in [3.63, 3.8) is 0 Å². The summed E-state index contributed by atoms with van der Waals surface area (Å²) in [6.45, 7) is 3.74. The molecule has 33 heavy (non-hydrogen) atoms. The first kappa shape index (κ1) is 23.2. The van der Waals surface area contributed by atoms with E-state index in [-0.39, 0.29) is 18.4 Å². The molecule has 0 saturated carbocycles. The molecule has 7 nitrogen and oxygen atoms in total. The zero-order valence-corrected chi connectivity index (χ0v) is 19.8. The molecule has 0 aliphatic carbocycles. The van der Waals surface area contributed by atoms with Gasteiger partial charge in [-0.3, -0.25) is 9.59 Å². The summed E-state index contributed by atoms with van der Waals surface area (Å²) in [5.74, 6) is 1.83. The first-order chi connectivity index (χ1) is 16.0. The molecule has 4 rings (SSSR count). The molecule has 2 amide bonds. The molecule has 2 aromatic carbocycles. The van der Waals surface area contributed by atoms with E-state index in [4.69, 9.17) is 20.9 Å². The van der Waals surface area contributed by atoms with Gasteiger partial charge in [-0.2, -0.15) is 0 Å². The molecule has 1 aromatic heterocycles. The van der Waals surface area contributed by atoms with Crippen molar-refractivity contribution in [3.8, 4) is 5.75 Å². The lowest BCUT2D eigenvalue weighted by Gasteiger charge is -2.35. The summed E-state index contributed by atoms with van der Waals surface area (Å²) < 4.78 is 10.8. The van der Waals surface area contributed by atoms with E-state index in [0.29, 0.717) is 48.3 Å². The van der Waals surface area contributed by atoms with Crippen LogP contribution in [0, 0.1) is 6.92 Å². The minimum atomic E-state index is -0.102. The predicted molar refractivity (Wildman–Crippen MR) is 127 cm³/mol. The second kappa shape index (κ2) is 10.8. The molecule has 1 saturated heterocycles. The fourth-order valence-electron chi connectivity index (χ4n) is 3.50. The fourth-order valence-corrected chi connectivity index (χ4v) is 4.54. The van der Waals surface area contributed by atoms with E-state index < -0.39 is 0 Å². The summed E-state index contributed by atoms with van der Waals surface area (Å²) in [6, 6.07) is 16.3. The van der Waals surface area contributed by atoms with Crippen molar-refractivity contribution < 1.29 is 18.8 Å². The van der Waals surface area contributed by atoms with Gasteiger partial charge in [-0.05, 0) is 43.3 Å². The first-order valence-electron chi connectivity index (χ1n) is 10.6. The third-order valence-electron chi connectivity index (χ3n) is 5.26. The summed E-state index contributed by atoms with van der Waals surface area (Å²) in [5.41, 5.74) is 1.49. The Labute approximate surface area is 201 Å². The number of piperazine rings is 1. The molecule has 172 valence electrons. The maximum atomic E-state index is 13.2. The SMILES string of the molecule is Cc1cc(CSc2ccccc2C(=O)N2CCN(C(=O)COc3ccc(Cl)cc3)CC2)on1. The third-order valence-corrected chi connectivity index (χ3v) is 6.61. The number of thioether (sulfide) groups is 1. The average Bonchev–Trinajstić information content (AvgIpc) is 3.27. The highest BCUT2D eigenvalue weighted by Crippen LogP contribution is 2.28. The molecule has 0 spiro atoms. The lowest BCUT2D eigenvalue weighted by molar-refractivity contribution is -0.134. The number of nitrogens with zero attached hydrogens (tertiary/aromatic N) is 3. The van der Waals surface area contributed by atoms with Crippen LogP contribution in [0.5, 0.6) is 5.75 Å². The van der Waals surface area contributed by atoms with E-state index in [9.17, 15) is 9.59 Å². The Morgan fingerprint density at radius 2 is 1.76 bits per heavy atom. The van der Waals surface area contributed by atoms with Gasteiger partial charge in [0.2, 0.25) is 0 Å². The molecule has 1 aliphatic heterocycles. The number of amides is 2. The van der Waals surface area contributed by atoms with E-state index in [1.807, 2.05) is 37.3 Å². The number of rotatable bonds is 7. The predicted octanol–water partition coefficient (Wildman–Crippen LogP) is 4.29. The van der Waals surface area contributed by atoms with Crippen molar-refractivity contribution in [1.82, 2.24) is 15.0 Å². The summed E-state index contributed by atoms with van der Waals surface area (Å²) in [7, 11) is 0. The Bertz CT molecular complexity index is 1110. The molecular formula is C24H24ClN3O4S. The molecule has 9 heteroatoms. The van der Waals surface area contributed by atoms with Crippen molar-refractivity contribution in [1.29, 1.82) is 0 Å². The molecule has 0 N–H and O–H groups in total. The van der Waals surface area contributed by atoms with E-state index in [0.717, 1.165) is 16.3 Å². The second-order valence-electron chi connectivity index (χ2n) is 7.64. The van der Waals surface area contributed by atoms with Gasteiger partial charge in [-0.15, -0.1) is 11.8 Å². The molecular weight excluding hydrogens is 462 g/mol. The second-order valence-corrected chi connectivity index (χ2v) is 9.09. The van der Waals surface area contributed by atoms with Gasteiger partial charge in [0.15, 0.2) is 6.61 Å². The maximum absolute atomic E-state index is 13.2. The Morgan fingerprint density at radius 1 is 1.06 bits per heavy atom. The standard InChI is InChI=1S/C24H24ClN3O4S/c1-17-14-20(32-26-17)16-33-22-5-3-2-4-21(22)24(30)28-12-10-27(11-13-28)23(29)15-31-19-8-6-18(25)7-9-19/h2-9,14H,10-13,15-16H2,1H3. The minimum absolute atomic E-state index is 0.0311. The fraction of sp³-hybridized carbons (Fsp3) is 0.292. The highest BCUT2D eigenvalue weighted by atomic mass is 35.5. The number of hydrogen-bond donors (Lipinski definition) is 0. The molecule has 0 atom stereocenters. The van der Waals surface area contributed by atoms with Gasteiger partial charge in [0.25, 0.3) is 11.8 Å². The zero-order valence-electron chi connectivity index (χ0n) is 18.2. The van der Waals surface area contributed by atoms with Crippen molar-refractivity contribution >= 4 is 35.2 Å². The summed E-state index contributed by atoms with van der Waals surface area (Å²) in [5, 5.41) is 4.52. The number of carbonyl (C=O) groups is 2. The van der Waals surface area contributed by atoms with Crippen molar-refractivity contribution in [2.24, 2.45) is 0 Å². The summed E-state index contributed by atoms with van der Waals surface area (Å²) >= 11 is 7.41. The average molecular weight is 486 g/mol. The highest BCUT2D eigenvalue weighted by Gasteiger charge is 2.26. The lowest BCUT2D eigenvalue weighted by Crippen LogP contribution is -2.51. The quantitative estimate of drug-likeness (QED) is 0.465. The lowest BCUT2D eigenvalue weighted by atomic mass is 10.2. The van der Waals surface area contributed by atoms with Crippen LogP contribution in [-0.2, 0) is 10.5 Å². The van der Waals surface area contributed by atoms with Crippen LogP contribution in [0.1, 0.15) is 21.8 Å². The van der Waals surface area contributed by atoms with Gasteiger partial charge < -0.3 is 19.1 Å². The topological polar surface area (TPSA) is 75.9 Å². The van der Waals surface area contributed by atoms with Crippen LogP contribution >= 0.6 is 23.4 Å². The zero-order chi connectivity index (χ0) is 23.2. The van der Waals surface area contributed by atoms with E-state index >= 15 is 0 Å². The number of hydrogen-bond acceptors (Lipinski definition) is 6. The molecule has 1 fully saturated rings. The van der Waals surface area contributed by atoms with Crippen LogP contribution in [0.15, 0.2) is 64.0 Å². The summed E-state index contributed by atoms with van der Waals surface area (Å²) in [6.07, 6.45) is 0. The molecule has 0 bridgehead atoms. The number of carbonyl (C=O) groups excluding carboxylic acids is 2. The van der Waals surface area contributed by atoms with Crippen LogP contribution in [0.2, 0.25) is 5.02 Å². The Kier molecular flexibility index (Phi) is 7.57. The van der Waals surface area contributed by atoms with Crippen molar-refractivity contribution in [3.05, 3.63) is 76.6 Å². The van der Waals surface area contributed by atoms with Gasteiger partial charge in [0, 0.05) is 42.2 Å². The molecule has 2 heterocycles. The number of benzene rings is 2. The van der Waals surface area contributed by atoms with Crippen LogP contribution in [0.4, 0.5) is 0 Å². The maximum Gasteiger partial charge on any atom is 0.260 e. The van der Waals surface area contributed by atoms with Crippen molar-refractivity contribution in [2.45, 2.75) is 17.6 Å². The molecule has 0 radical (unpaired) electrons. The largest absolute Gasteiger partial charge is 0.484 e. The minimum Gasteiger partial charge on any atom is -0.484 e. The van der Waals surface area contributed by atoms with Crippen LogP contribution in [0.25, 0.3) is 0 Å². The van der Waals surface area contributed by atoms with Crippen LogP contribution in [-0.4, -0.2) is 59.6 Å². The van der Waals surface area contributed by atoms with Gasteiger partial charge in [-0.25, -0.2) is 0 Å². The normalized spacial score (nSPS) is 13.8. The number of aryl methyl sites for hydroxylation is 1. The monoisotopic (exact) mass is 485 g/mol. The molecule has 3 aromatic rings.